The minimum absolute atomic E-state index is 0.557. The Hall–Kier alpha value is -6.90. The largest absolute Gasteiger partial charge is 0.309 e. The van der Waals surface area contributed by atoms with Gasteiger partial charge in [0.05, 0.1) is 65.9 Å². The molecule has 6 aromatic carbocycles. The van der Waals surface area contributed by atoms with Crippen molar-refractivity contribution in [3.8, 4) is 35.7 Å². The molecule has 3 heterocycles. The van der Waals surface area contributed by atoms with Gasteiger partial charge in [-0.2, -0.15) is 21.0 Å². The van der Waals surface area contributed by atoms with E-state index in [1.54, 1.807) is 0 Å². The number of rotatable bonds is 2. The number of aromatic nitrogens is 2. The van der Waals surface area contributed by atoms with Gasteiger partial charge in [-0.25, -0.2) is 0 Å². The molecule has 0 aliphatic carbocycles. The van der Waals surface area contributed by atoms with Crippen LogP contribution in [0.2, 0.25) is 0 Å². The lowest BCUT2D eigenvalue weighted by atomic mass is 10.0. The highest BCUT2D eigenvalue weighted by atomic mass is 32.1. The van der Waals surface area contributed by atoms with Gasteiger partial charge in [0.2, 0.25) is 0 Å². The number of hydrogen-bond acceptors (Lipinski definition) is 5. The summed E-state index contributed by atoms with van der Waals surface area (Å²) in [5, 5.41) is 45.2. The van der Waals surface area contributed by atoms with Crippen LogP contribution in [-0.4, -0.2) is 9.13 Å². The Kier molecular flexibility index (Phi) is 5.53. The van der Waals surface area contributed by atoms with Crippen molar-refractivity contribution in [3.05, 3.63) is 131 Å². The number of fused-ring (bicyclic) bond motifs is 10. The second-order valence-corrected chi connectivity index (χ2v) is 12.4. The standard InChI is InChI=1S/C40H18N6S/c41-19-23-11-13-35-31(15-23)32-16-24(20-42)12-14-36(32)45(35)27-6-4-7-28(18-27)46-34-10-2-1-8-29(34)33-17-26(22-44)40-37(38(33)46)30-9-3-5-25(21-43)39(30)47-40/h1-18H. The lowest BCUT2D eigenvalue weighted by molar-refractivity contribution is 1.14. The first kappa shape index (κ1) is 26.5. The second-order valence-electron chi connectivity index (χ2n) is 11.4. The molecule has 0 N–H and O–H groups in total. The molecule has 0 saturated carbocycles. The molecule has 47 heavy (non-hydrogen) atoms. The second kappa shape index (κ2) is 9.80. The molecule has 0 saturated heterocycles. The van der Waals surface area contributed by atoms with E-state index in [-0.39, 0.29) is 0 Å². The molecule has 0 aliphatic rings. The Morgan fingerprint density at radius 2 is 1.06 bits per heavy atom. The predicted octanol–water partition coefficient (Wildman–Crippen LogP) is 9.74. The molecule has 0 atom stereocenters. The highest BCUT2D eigenvalue weighted by Gasteiger charge is 2.22. The van der Waals surface area contributed by atoms with Crippen LogP contribution in [-0.2, 0) is 0 Å². The molecule has 0 radical (unpaired) electrons. The minimum Gasteiger partial charge on any atom is -0.309 e. The average molecular weight is 615 g/mol. The Bertz CT molecular complexity index is 2950. The van der Waals surface area contributed by atoms with E-state index in [1.165, 1.54) is 11.3 Å². The van der Waals surface area contributed by atoms with Crippen molar-refractivity contribution in [1.29, 1.82) is 21.0 Å². The Balaban J connectivity index is 1.41. The van der Waals surface area contributed by atoms with Crippen molar-refractivity contribution in [2.24, 2.45) is 0 Å². The van der Waals surface area contributed by atoms with Crippen LogP contribution < -0.4 is 0 Å². The van der Waals surface area contributed by atoms with E-state index in [4.69, 9.17) is 0 Å². The summed E-state index contributed by atoms with van der Waals surface area (Å²) in [7, 11) is 0. The number of benzene rings is 6. The van der Waals surface area contributed by atoms with Crippen LogP contribution in [0.15, 0.2) is 109 Å². The van der Waals surface area contributed by atoms with Crippen molar-refractivity contribution >= 4 is 75.1 Å². The SMILES string of the molecule is N#Cc1ccc2c(c1)c1cc(C#N)ccc1n2-c1cccc(-n2c3ccccc3c3cc(C#N)c4sc5c(C#N)cccc5c4c32)c1. The zero-order valence-corrected chi connectivity index (χ0v) is 25.3. The van der Waals surface area contributed by atoms with Gasteiger partial charge in [-0.05, 0) is 72.8 Å². The van der Waals surface area contributed by atoms with Gasteiger partial charge in [-0.1, -0.05) is 36.4 Å². The third-order valence-corrected chi connectivity index (χ3v) is 10.3. The molecule has 0 amide bonds. The van der Waals surface area contributed by atoms with E-state index in [2.05, 4.69) is 63.7 Å². The maximum absolute atomic E-state index is 10.3. The van der Waals surface area contributed by atoms with E-state index in [0.717, 1.165) is 75.2 Å². The molecule has 9 aromatic rings. The highest BCUT2D eigenvalue weighted by molar-refractivity contribution is 7.26. The molecule has 0 spiro atoms. The number of para-hydroxylation sites is 1. The van der Waals surface area contributed by atoms with Gasteiger partial charge >= 0.3 is 0 Å². The molecule has 0 fully saturated rings. The van der Waals surface area contributed by atoms with Gasteiger partial charge in [-0.3, -0.25) is 0 Å². The van der Waals surface area contributed by atoms with E-state index in [1.807, 2.05) is 78.9 Å². The number of hydrogen-bond donors (Lipinski definition) is 0. The van der Waals surface area contributed by atoms with Crippen molar-refractivity contribution in [1.82, 2.24) is 9.13 Å². The molecule has 0 bridgehead atoms. The van der Waals surface area contributed by atoms with Crippen LogP contribution in [0.3, 0.4) is 0 Å². The molecule has 0 aliphatic heterocycles. The van der Waals surface area contributed by atoms with Gasteiger partial charge in [0.25, 0.3) is 0 Å². The zero-order chi connectivity index (χ0) is 31.8. The van der Waals surface area contributed by atoms with Crippen molar-refractivity contribution in [3.63, 3.8) is 0 Å². The van der Waals surface area contributed by atoms with Gasteiger partial charge < -0.3 is 9.13 Å². The molecule has 3 aromatic heterocycles. The first-order valence-corrected chi connectivity index (χ1v) is 15.7. The summed E-state index contributed by atoms with van der Waals surface area (Å²) in [4.78, 5) is 0. The zero-order valence-electron chi connectivity index (χ0n) is 24.5. The van der Waals surface area contributed by atoms with Crippen LogP contribution in [0, 0.1) is 45.3 Å². The third kappa shape index (κ3) is 3.61. The van der Waals surface area contributed by atoms with Crippen LogP contribution in [0.4, 0.5) is 0 Å². The number of nitrogens with zero attached hydrogens (tertiary/aromatic N) is 6. The van der Waals surface area contributed by atoms with Crippen LogP contribution in [0.1, 0.15) is 22.3 Å². The van der Waals surface area contributed by atoms with Crippen LogP contribution >= 0.6 is 11.3 Å². The third-order valence-electron chi connectivity index (χ3n) is 9.01. The van der Waals surface area contributed by atoms with Crippen LogP contribution in [0.25, 0.3) is 75.2 Å². The van der Waals surface area contributed by atoms with Crippen molar-refractivity contribution in [2.45, 2.75) is 0 Å². The monoisotopic (exact) mass is 614 g/mol. The summed E-state index contributed by atoms with van der Waals surface area (Å²) in [6.07, 6.45) is 0. The molecule has 6 nitrogen and oxygen atoms in total. The molecular weight excluding hydrogens is 597 g/mol. The quantitative estimate of drug-likeness (QED) is 0.193. The Morgan fingerprint density at radius 3 is 1.74 bits per heavy atom. The fourth-order valence-corrected chi connectivity index (χ4v) is 8.29. The van der Waals surface area contributed by atoms with Gasteiger partial charge in [0.15, 0.2) is 0 Å². The van der Waals surface area contributed by atoms with E-state index in [0.29, 0.717) is 22.3 Å². The molecule has 214 valence electrons. The fraction of sp³-hybridized carbons (Fsp3) is 0. The summed E-state index contributed by atoms with van der Waals surface area (Å²) in [5.41, 5.74) is 8.02. The minimum atomic E-state index is 0.557. The molecule has 0 unspecified atom stereocenters. The summed E-state index contributed by atoms with van der Waals surface area (Å²) in [5.74, 6) is 0. The van der Waals surface area contributed by atoms with Crippen LogP contribution in [0.5, 0.6) is 0 Å². The van der Waals surface area contributed by atoms with Gasteiger partial charge in [0.1, 0.15) is 12.1 Å². The first-order valence-electron chi connectivity index (χ1n) is 14.8. The van der Waals surface area contributed by atoms with Gasteiger partial charge in [-0.15, -0.1) is 11.3 Å². The first-order chi connectivity index (χ1) is 23.1. The van der Waals surface area contributed by atoms with E-state index in [9.17, 15) is 21.0 Å². The lowest BCUT2D eigenvalue weighted by Gasteiger charge is -2.13. The normalized spacial score (nSPS) is 11.3. The Morgan fingerprint density at radius 1 is 0.447 bits per heavy atom. The van der Waals surface area contributed by atoms with Crippen molar-refractivity contribution < 1.29 is 0 Å². The average Bonchev–Trinajstić information content (AvgIpc) is 3.78. The molecule has 7 heteroatoms. The predicted molar refractivity (Wildman–Crippen MR) is 187 cm³/mol. The summed E-state index contributed by atoms with van der Waals surface area (Å²) >= 11 is 1.49. The summed E-state index contributed by atoms with van der Waals surface area (Å²) in [6, 6.07) is 44.9. The Labute approximate surface area is 271 Å². The fourth-order valence-electron chi connectivity index (χ4n) is 7.06. The smallest absolute Gasteiger partial charge is 0.101 e. The number of thiophene rings is 1. The number of nitriles is 4. The molecule has 9 rings (SSSR count). The van der Waals surface area contributed by atoms with Gasteiger partial charge in [0, 0.05) is 43.7 Å². The molecular formula is C40H18N6S. The summed E-state index contributed by atoms with van der Waals surface area (Å²) in [6.45, 7) is 0. The topological polar surface area (TPSA) is 105 Å². The highest BCUT2D eigenvalue weighted by Crippen LogP contribution is 2.45. The van der Waals surface area contributed by atoms with Crippen molar-refractivity contribution in [2.75, 3.05) is 0 Å². The summed E-state index contributed by atoms with van der Waals surface area (Å²) < 4.78 is 6.17. The lowest BCUT2D eigenvalue weighted by Crippen LogP contribution is -1.99. The maximum atomic E-state index is 10.3. The van der Waals surface area contributed by atoms with E-state index >= 15 is 0 Å². The maximum Gasteiger partial charge on any atom is 0.101 e. The van der Waals surface area contributed by atoms with E-state index < -0.39 is 0 Å².